The number of rotatable bonds is 5. The van der Waals surface area contributed by atoms with Crippen molar-refractivity contribution >= 4 is 23.2 Å². The monoisotopic (exact) mass is 425 g/mol. The minimum Gasteiger partial charge on any atom is -0.367 e. The molecule has 31 heavy (non-hydrogen) atoms. The predicted molar refractivity (Wildman–Crippen MR) is 118 cm³/mol. The molecule has 8 heteroatoms. The van der Waals surface area contributed by atoms with Gasteiger partial charge in [-0.25, -0.2) is 9.37 Å². The molecule has 2 saturated heterocycles. The number of benzene rings is 1. The maximum absolute atomic E-state index is 14.4. The average Bonchev–Trinajstić information content (AvgIpc) is 2.80. The topological polar surface area (TPSA) is 60.0 Å². The number of ketones is 1. The van der Waals surface area contributed by atoms with Crippen LogP contribution in [0.25, 0.3) is 0 Å². The van der Waals surface area contributed by atoms with Gasteiger partial charge in [-0.15, -0.1) is 0 Å². The van der Waals surface area contributed by atoms with Crippen LogP contribution >= 0.6 is 0 Å². The number of piperazine rings is 2. The third kappa shape index (κ3) is 5.02. The Kier molecular flexibility index (Phi) is 6.46. The summed E-state index contributed by atoms with van der Waals surface area (Å²) in [6.07, 6.45) is 1.79. The first-order chi connectivity index (χ1) is 15.0. The smallest absolute Gasteiger partial charge is 0.236 e. The number of nitrogens with zero attached hydrogens (tertiary/aromatic N) is 5. The third-order valence-corrected chi connectivity index (χ3v) is 6.03. The fourth-order valence-corrected chi connectivity index (χ4v) is 4.15. The van der Waals surface area contributed by atoms with Gasteiger partial charge in [0.25, 0.3) is 0 Å². The minimum atomic E-state index is -0.372. The standard InChI is InChI=1S/C23H28FN5O2/c1-18(30)19-5-6-21(20(24)16-19)27-10-8-26(9-11-27)17-23(31)29-14-12-28(13-15-29)22-4-2-3-7-25-22/h2-7,16H,8-15,17H2,1H3. The van der Waals surface area contributed by atoms with Crippen LogP contribution in [0.5, 0.6) is 0 Å². The molecular weight excluding hydrogens is 397 g/mol. The first-order valence-electron chi connectivity index (χ1n) is 10.7. The van der Waals surface area contributed by atoms with E-state index < -0.39 is 0 Å². The Labute approximate surface area is 182 Å². The molecule has 0 bridgehead atoms. The van der Waals surface area contributed by atoms with Crippen molar-refractivity contribution in [1.82, 2.24) is 14.8 Å². The number of hydrogen-bond acceptors (Lipinski definition) is 6. The number of halogens is 1. The van der Waals surface area contributed by atoms with Crippen molar-refractivity contribution in [2.75, 3.05) is 68.7 Å². The summed E-state index contributed by atoms with van der Waals surface area (Å²) in [5, 5.41) is 0. The molecule has 1 aromatic carbocycles. The van der Waals surface area contributed by atoms with Crippen LogP contribution in [0.2, 0.25) is 0 Å². The van der Waals surface area contributed by atoms with Crippen LogP contribution in [0.1, 0.15) is 17.3 Å². The second-order valence-corrected chi connectivity index (χ2v) is 8.04. The van der Waals surface area contributed by atoms with Crippen molar-refractivity contribution in [3.63, 3.8) is 0 Å². The highest BCUT2D eigenvalue weighted by atomic mass is 19.1. The maximum Gasteiger partial charge on any atom is 0.236 e. The van der Waals surface area contributed by atoms with E-state index in [1.165, 1.54) is 13.0 Å². The lowest BCUT2D eigenvalue weighted by Crippen LogP contribution is -2.54. The lowest BCUT2D eigenvalue weighted by molar-refractivity contribution is -0.132. The number of pyridine rings is 1. The second-order valence-electron chi connectivity index (χ2n) is 8.04. The van der Waals surface area contributed by atoms with Crippen LogP contribution in [0.15, 0.2) is 42.6 Å². The van der Waals surface area contributed by atoms with E-state index in [2.05, 4.69) is 14.8 Å². The third-order valence-electron chi connectivity index (χ3n) is 6.03. The molecule has 2 aromatic rings. The highest BCUT2D eigenvalue weighted by Gasteiger charge is 2.26. The van der Waals surface area contributed by atoms with E-state index in [1.54, 1.807) is 18.3 Å². The molecule has 0 atom stereocenters. The first kappa shape index (κ1) is 21.2. The Balaban J connectivity index is 1.25. The van der Waals surface area contributed by atoms with Crippen LogP contribution in [-0.2, 0) is 4.79 Å². The van der Waals surface area contributed by atoms with Gasteiger partial charge >= 0.3 is 0 Å². The molecule has 0 spiro atoms. The molecule has 1 aromatic heterocycles. The molecule has 0 N–H and O–H groups in total. The number of carbonyl (C=O) groups excluding carboxylic acids is 2. The van der Waals surface area contributed by atoms with Crippen molar-refractivity contribution < 1.29 is 14.0 Å². The number of carbonyl (C=O) groups is 2. The molecule has 164 valence electrons. The van der Waals surface area contributed by atoms with E-state index in [0.717, 1.165) is 18.9 Å². The molecule has 0 radical (unpaired) electrons. The van der Waals surface area contributed by atoms with Crippen LogP contribution in [0, 0.1) is 5.82 Å². The van der Waals surface area contributed by atoms with Gasteiger partial charge in [-0.2, -0.15) is 0 Å². The van der Waals surface area contributed by atoms with E-state index in [1.807, 2.05) is 28.0 Å². The largest absolute Gasteiger partial charge is 0.367 e. The number of amides is 1. The van der Waals surface area contributed by atoms with Crippen molar-refractivity contribution in [2.24, 2.45) is 0 Å². The van der Waals surface area contributed by atoms with Crippen LogP contribution in [-0.4, -0.2) is 85.4 Å². The summed E-state index contributed by atoms with van der Waals surface area (Å²) in [6.45, 7) is 7.49. The first-order valence-corrected chi connectivity index (χ1v) is 10.7. The number of aromatic nitrogens is 1. The molecule has 1 amide bonds. The Morgan fingerprint density at radius 3 is 2.26 bits per heavy atom. The summed E-state index contributed by atoms with van der Waals surface area (Å²) in [5.74, 6) is 0.582. The summed E-state index contributed by atoms with van der Waals surface area (Å²) < 4.78 is 14.4. The quantitative estimate of drug-likeness (QED) is 0.682. The van der Waals surface area contributed by atoms with E-state index in [0.29, 0.717) is 57.1 Å². The van der Waals surface area contributed by atoms with E-state index in [9.17, 15) is 14.0 Å². The van der Waals surface area contributed by atoms with Crippen LogP contribution < -0.4 is 9.80 Å². The van der Waals surface area contributed by atoms with Crippen molar-refractivity contribution in [3.05, 3.63) is 54.0 Å². The molecule has 2 fully saturated rings. The van der Waals surface area contributed by atoms with Gasteiger partial charge in [0.1, 0.15) is 11.6 Å². The Morgan fingerprint density at radius 2 is 1.65 bits per heavy atom. The van der Waals surface area contributed by atoms with Crippen molar-refractivity contribution in [3.8, 4) is 0 Å². The molecule has 4 rings (SSSR count). The zero-order valence-corrected chi connectivity index (χ0v) is 17.8. The fourth-order valence-electron chi connectivity index (χ4n) is 4.15. The second kappa shape index (κ2) is 9.43. The normalized spacial score (nSPS) is 17.7. The van der Waals surface area contributed by atoms with Crippen LogP contribution in [0.4, 0.5) is 15.9 Å². The lowest BCUT2D eigenvalue weighted by Gasteiger charge is -2.39. The fraction of sp³-hybridized carbons (Fsp3) is 0.435. The number of Topliss-reactive ketones (excluding diaryl/α,β-unsaturated/α-hetero) is 1. The van der Waals surface area contributed by atoms with E-state index >= 15 is 0 Å². The van der Waals surface area contributed by atoms with Gasteiger partial charge in [0.05, 0.1) is 12.2 Å². The zero-order valence-electron chi connectivity index (χ0n) is 17.8. The van der Waals surface area contributed by atoms with Gasteiger partial charge in [0.15, 0.2) is 5.78 Å². The number of hydrogen-bond donors (Lipinski definition) is 0. The van der Waals surface area contributed by atoms with E-state index in [-0.39, 0.29) is 17.5 Å². The van der Waals surface area contributed by atoms with Crippen LogP contribution in [0.3, 0.4) is 0 Å². The molecule has 0 aliphatic carbocycles. The zero-order chi connectivity index (χ0) is 21.8. The van der Waals surface area contributed by atoms with Gasteiger partial charge in [0, 0.05) is 64.1 Å². The SMILES string of the molecule is CC(=O)c1ccc(N2CCN(CC(=O)N3CCN(c4ccccn4)CC3)CC2)c(F)c1. The highest BCUT2D eigenvalue weighted by molar-refractivity contribution is 5.94. The molecule has 0 unspecified atom stereocenters. The summed E-state index contributed by atoms with van der Waals surface area (Å²) >= 11 is 0. The van der Waals surface area contributed by atoms with E-state index in [4.69, 9.17) is 0 Å². The van der Waals surface area contributed by atoms with Gasteiger partial charge in [0.2, 0.25) is 5.91 Å². The van der Waals surface area contributed by atoms with Crippen molar-refractivity contribution in [2.45, 2.75) is 6.92 Å². The Morgan fingerprint density at radius 1 is 0.935 bits per heavy atom. The Bertz CT molecular complexity index is 923. The van der Waals surface area contributed by atoms with Crippen molar-refractivity contribution in [1.29, 1.82) is 0 Å². The molecule has 0 saturated carbocycles. The van der Waals surface area contributed by atoms with Gasteiger partial charge in [-0.3, -0.25) is 14.5 Å². The molecule has 2 aliphatic rings. The lowest BCUT2D eigenvalue weighted by atomic mass is 10.1. The molecule has 2 aliphatic heterocycles. The highest BCUT2D eigenvalue weighted by Crippen LogP contribution is 2.22. The van der Waals surface area contributed by atoms with Gasteiger partial charge in [-0.05, 0) is 37.3 Å². The van der Waals surface area contributed by atoms with Gasteiger partial charge < -0.3 is 14.7 Å². The molecular formula is C23H28FN5O2. The molecule has 3 heterocycles. The predicted octanol–water partition coefficient (Wildman–Crippen LogP) is 1.89. The Hall–Kier alpha value is -3.00. The molecule has 7 nitrogen and oxygen atoms in total. The number of anilines is 2. The van der Waals surface area contributed by atoms with Gasteiger partial charge in [-0.1, -0.05) is 6.07 Å². The summed E-state index contributed by atoms with van der Waals surface area (Å²) in [7, 11) is 0. The minimum absolute atomic E-state index is 0.144. The summed E-state index contributed by atoms with van der Waals surface area (Å²) in [5.41, 5.74) is 0.898. The maximum atomic E-state index is 14.4. The average molecular weight is 426 g/mol. The summed E-state index contributed by atoms with van der Waals surface area (Å²) in [4.78, 5) is 36.8. The summed E-state index contributed by atoms with van der Waals surface area (Å²) in [6, 6.07) is 10.5.